The van der Waals surface area contributed by atoms with Gasteiger partial charge in [0.05, 0.1) is 16.8 Å². The van der Waals surface area contributed by atoms with E-state index in [1.54, 1.807) is 12.4 Å². The number of halogens is 1. The first-order chi connectivity index (χ1) is 13.6. The Kier molecular flexibility index (Phi) is 5.83. The molecule has 144 valence electrons. The molecule has 4 rings (SSSR count). The van der Waals surface area contributed by atoms with Crippen molar-refractivity contribution in [3.05, 3.63) is 64.3 Å². The number of benzene rings is 1. The van der Waals surface area contributed by atoms with E-state index in [4.69, 9.17) is 16.6 Å². The Hall–Kier alpha value is -2.11. The van der Waals surface area contributed by atoms with Crippen molar-refractivity contribution in [2.24, 2.45) is 4.99 Å². The number of amides is 1. The second-order valence-electron chi connectivity index (χ2n) is 7.14. The number of nitrogens with zero attached hydrogens (tertiary/aromatic N) is 3. The van der Waals surface area contributed by atoms with Gasteiger partial charge in [-0.2, -0.15) is 0 Å². The maximum Gasteiger partial charge on any atom is 0.267 e. The molecule has 1 saturated carbocycles. The third-order valence-corrected chi connectivity index (χ3v) is 6.65. The minimum Gasteiger partial charge on any atom is -0.283 e. The van der Waals surface area contributed by atoms with Crippen molar-refractivity contribution in [3.8, 4) is 0 Å². The molecule has 2 aliphatic rings. The Balaban J connectivity index is 1.74. The first-order valence-corrected chi connectivity index (χ1v) is 10.8. The van der Waals surface area contributed by atoms with Gasteiger partial charge in [0, 0.05) is 17.3 Å². The first-order valence-electron chi connectivity index (χ1n) is 9.60. The molecule has 28 heavy (non-hydrogen) atoms. The molecule has 2 aromatic rings. The van der Waals surface area contributed by atoms with Crippen LogP contribution in [0.5, 0.6) is 0 Å². The lowest BCUT2D eigenvalue weighted by Gasteiger charge is -2.30. The second kappa shape index (κ2) is 8.50. The van der Waals surface area contributed by atoms with Gasteiger partial charge < -0.3 is 0 Å². The Bertz CT molecular complexity index is 919. The summed E-state index contributed by atoms with van der Waals surface area (Å²) in [5.74, 6) is 0.0620. The summed E-state index contributed by atoms with van der Waals surface area (Å²) < 4.78 is 0. The van der Waals surface area contributed by atoms with E-state index in [-0.39, 0.29) is 11.9 Å². The van der Waals surface area contributed by atoms with Gasteiger partial charge in [0.1, 0.15) is 0 Å². The average Bonchev–Trinajstić information content (AvgIpc) is 3.05. The van der Waals surface area contributed by atoms with Crippen LogP contribution in [0.1, 0.15) is 44.6 Å². The third-order valence-electron chi connectivity index (χ3n) is 5.24. The van der Waals surface area contributed by atoms with Gasteiger partial charge in [-0.25, -0.2) is 4.99 Å². The number of aromatic nitrogens is 1. The van der Waals surface area contributed by atoms with Gasteiger partial charge in [-0.15, -0.1) is 0 Å². The lowest BCUT2D eigenvalue weighted by molar-refractivity contribution is -0.124. The van der Waals surface area contributed by atoms with Crippen molar-refractivity contribution in [3.63, 3.8) is 0 Å². The lowest BCUT2D eigenvalue weighted by Crippen LogP contribution is -2.40. The van der Waals surface area contributed by atoms with E-state index >= 15 is 0 Å². The number of allylic oxidation sites excluding steroid dienone is 1. The molecule has 1 aromatic carbocycles. The van der Waals surface area contributed by atoms with E-state index < -0.39 is 0 Å². The van der Waals surface area contributed by atoms with Crippen LogP contribution in [-0.2, 0) is 4.79 Å². The Morgan fingerprint density at radius 2 is 1.93 bits per heavy atom. The largest absolute Gasteiger partial charge is 0.283 e. The number of carbonyl (C=O) groups is 1. The highest BCUT2D eigenvalue weighted by molar-refractivity contribution is 8.18. The first kappa shape index (κ1) is 19.2. The number of aliphatic imine (C=N–C) groups is 1. The monoisotopic (exact) mass is 411 g/mol. The van der Waals surface area contributed by atoms with Crippen molar-refractivity contribution in [2.45, 2.75) is 45.1 Å². The fourth-order valence-corrected chi connectivity index (χ4v) is 4.96. The zero-order valence-electron chi connectivity index (χ0n) is 15.8. The number of pyridine rings is 1. The van der Waals surface area contributed by atoms with Gasteiger partial charge in [0.15, 0.2) is 5.17 Å². The van der Waals surface area contributed by atoms with Gasteiger partial charge in [-0.3, -0.25) is 14.7 Å². The topological polar surface area (TPSA) is 45.6 Å². The molecular weight excluding hydrogens is 390 g/mol. The van der Waals surface area contributed by atoms with Crippen LogP contribution >= 0.6 is 23.4 Å². The summed E-state index contributed by atoms with van der Waals surface area (Å²) in [6, 6.07) is 11.6. The molecule has 1 aliphatic heterocycles. The summed E-state index contributed by atoms with van der Waals surface area (Å²) in [6.45, 7) is 2.00. The van der Waals surface area contributed by atoms with E-state index in [0.29, 0.717) is 5.02 Å². The van der Waals surface area contributed by atoms with Crippen LogP contribution in [0.25, 0.3) is 5.57 Å². The molecule has 1 aromatic heterocycles. The molecular formula is C22H22ClN3OS. The quantitative estimate of drug-likeness (QED) is 0.576. The molecule has 0 radical (unpaired) electrons. The summed E-state index contributed by atoms with van der Waals surface area (Å²) >= 11 is 7.49. The van der Waals surface area contributed by atoms with Crippen LogP contribution < -0.4 is 0 Å². The number of carbonyl (C=O) groups excluding carboxylic acids is 1. The van der Waals surface area contributed by atoms with Crippen LogP contribution in [0.4, 0.5) is 5.69 Å². The summed E-state index contributed by atoms with van der Waals surface area (Å²) in [5.41, 5.74) is 2.74. The van der Waals surface area contributed by atoms with Gasteiger partial charge >= 0.3 is 0 Å². The molecule has 1 saturated heterocycles. The van der Waals surface area contributed by atoms with E-state index in [2.05, 4.69) is 4.98 Å². The molecule has 4 nitrogen and oxygen atoms in total. The Morgan fingerprint density at radius 1 is 1.18 bits per heavy atom. The van der Waals surface area contributed by atoms with E-state index in [1.165, 1.54) is 18.2 Å². The second-order valence-corrected chi connectivity index (χ2v) is 8.55. The highest BCUT2D eigenvalue weighted by Gasteiger charge is 2.39. The highest BCUT2D eigenvalue weighted by Crippen LogP contribution is 2.41. The standard InChI is InChI=1S/C22H22ClN3OS/c1-15(16-9-11-17(23)12-10-16)20-21(27)26(19-7-3-2-4-8-19)22(28-20)25-18-6-5-13-24-14-18/h5-6,9-14,19H,2-4,7-8H2,1H3/b20-15-,25-22?. The van der Waals surface area contributed by atoms with E-state index in [9.17, 15) is 4.79 Å². The summed E-state index contributed by atoms with van der Waals surface area (Å²) in [5, 5.41) is 1.45. The van der Waals surface area contributed by atoms with E-state index in [0.717, 1.165) is 52.6 Å². The van der Waals surface area contributed by atoms with Crippen LogP contribution in [0.15, 0.2) is 58.7 Å². The molecule has 0 unspecified atom stereocenters. The van der Waals surface area contributed by atoms with Crippen LogP contribution in [0.3, 0.4) is 0 Å². The molecule has 1 amide bonds. The number of thioether (sulfide) groups is 1. The molecule has 2 heterocycles. The van der Waals surface area contributed by atoms with Crippen molar-refractivity contribution in [1.82, 2.24) is 9.88 Å². The highest BCUT2D eigenvalue weighted by atomic mass is 35.5. The molecule has 0 N–H and O–H groups in total. The number of hydrogen-bond acceptors (Lipinski definition) is 4. The van der Waals surface area contributed by atoms with Crippen molar-refractivity contribution in [2.75, 3.05) is 0 Å². The summed E-state index contributed by atoms with van der Waals surface area (Å²) in [7, 11) is 0. The van der Waals surface area contributed by atoms with Gasteiger partial charge in [-0.1, -0.05) is 43.0 Å². The maximum atomic E-state index is 13.4. The minimum absolute atomic E-state index is 0.0620. The van der Waals surface area contributed by atoms with Crippen molar-refractivity contribution >= 4 is 45.7 Å². The molecule has 1 aliphatic carbocycles. The fraction of sp³-hybridized carbons (Fsp3) is 0.318. The molecule has 0 atom stereocenters. The Morgan fingerprint density at radius 3 is 2.61 bits per heavy atom. The van der Waals surface area contributed by atoms with Crippen LogP contribution in [0, 0.1) is 0 Å². The maximum absolute atomic E-state index is 13.4. The predicted octanol–water partition coefficient (Wildman–Crippen LogP) is 6.06. The molecule has 6 heteroatoms. The average molecular weight is 412 g/mol. The summed E-state index contributed by atoms with van der Waals surface area (Å²) in [6.07, 6.45) is 9.09. The predicted molar refractivity (Wildman–Crippen MR) is 117 cm³/mol. The summed E-state index contributed by atoms with van der Waals surface area (Å²) in [4.78, 5) is 25.0. The number of rotatable bonds is 3. The van der Waals surface area contributed by atoms with Gasteiger partial charge in [0.2, 0.25) is 0 Å². The number of hydrogen-bond donors (Lipinski definition) is 0. The van der Waals surface area contributed by atoms with Gasteiger partial charge in [-0.05, 0) is 66.9 Å². The fourth-order valence-electron chi connectivity index (χ4n) is 3.72. The van der Waals surface area contributed by atoms with Gasteiger partial charge in [0.25, 0.3) is 5.91 Å². The smallest absolute Gasteiger partial charge is 0.267 e. The van der Waals surface area contributed by atoms with E-state index in [1.807, 2.05) is 48.2 Å². The SMILES string of the molecule is C/C(=C1/SC(=Nc2cccnc2)N(C2CCCCC2)C1=O)c1ccc(Cl)cc1. The Labute approximate surface area is 174 Å². The zero-order chi connectivity index (χ0) is 19.5. The zero-order valence-corrected chi connectivity index (χ0v) is 17.3. The molecule has 0 bridgehead atoms. The normalized spacial score (nSPS) is 21.4. The minimum atomic E-state index is 0.0620. The molecule has 2 fully saturated rings. The molecule has 0 spiro atoms. The number of amidine groups is 1. The van der Waals surface area contributed by atoms with Crippen molar-refractivity contribution < 1.29 is 4.79 Å². The van der Waals surface area contributed by atoms with Crippen molar-refractivity contribution in [1.29, 1.82) is 0 Å². The van der Waals surface area contributed by atoms with Crippen LogP contribution in [0.2, 0.25) is 5.02 Å². The third kappa shape index (κ3) is 4.01. The lowest BCUT2D eigenvalue weighted by atomic mass is 9.94. The van der Waals surface area contributed by atoms with Crippen LogP contribution in [-0.4, -0.2) is 27.0 Å².